The van der Waals surface area contributed by atoms with Crippen molar-refractivity contribution in [2.45, 2.75) is 6.54 Å². The summed E-state index contributed by atoms with van der Waals surface area (Å²) in [4.78, 5) is 12.3. The first-order valence-corrected chi connectivity index (χ1v) is 10.9. The van der Waals surface area contributed by atoms with E-state index in [2.05, 4.69) is 21.4 Å². The molecule has 34 heavy (non-hydrogen) atoms. The number of rotatable bonds is 3. The van der Waals surface area contributed by atoms with E-state index in [1.54, 1.807) is 49.6 Å². The molecule has 5 aromatic rings. The molecule has 0 spiro atoms. The molecule has 3 N–H and O–H groups in total. The standard InChI is InChI=1S/C24H15Cl2FN6O/c1-33-23(20-15(8-28)12-4-2-3-5-13(12)21(26)22(20)27)16(10-30-33)11-6-14-18(9-29)31-32-24(34)19(14)17(25)7-11/h2-7,10H,9,29H2,1H3,(H,32,34). The number of hydrogen-bond donors (Lipinski definition) is 2. The van der Waals surface area contributed by atoms with Crippen LogP contribution >= 0.6 is 23.2 Å². The summed E-state index contributed by atoms with van der Waals surface area (Å²) in [5, 5.41) is 22.5. The second kappa shape index (κ2) is 8.22. The molecule has 0 saturated carbocycles. The molecule has 0 aliphatic carbocycles. The Morgan fingerprint density at radius 2 is 1.94 bits per heavy atom. The van der Waals surface area contributed by atoms with Gasteiger partial charge in [-0.3, -0.25) is 9.48 Å². The summed E-state index contributed by atoms with van der Waals surface area (Å²) in [6.45, 7) is 0.0699. The number of nitrogens with one attached hydrogen (secondary N) is 1. The predicted molar refractivity (Wildman–Crippen MR) is 130 cm³/mol. The second-order valence-corrected chi connectivity index (χ2v) is 8.44. The summed E-state index contributed by atoms with van der Waals surface area (Å²) < 4.78 is 17.2. The minimum absolute atomic E-state index is 0.0282. The molecule has 0 radical (unpaired) electrons. The fourth-order valence-electron chi connectivity index (χ4n) is 4.26. The Bertz CT molecular complexity index is 1730. The molecule has 0 fully saturated rings. The lowest BCUT2D eigenvalue weighted by Crippen LogP contribution is -2.13. The Labute approximate surface area is 202 Å². The van der Waals surface area contributed by atoms with Crippen LogP contribution in [0.2, 0.25) is 10.0 Å². The van der Waals surface area contributed by atoms with Crippen molar-refractivity contribution < 1.29 is 4.39 Å². The Balaban J connectivity index is 1.88. The van der Waals surface area contributed by atoms with Gasteiger partial charge in [0.1, 0.15) is 6.07 Å². The van der Waals surface area contributed by atoms with Gasteiger partial charge in [0.25, 0.3) is 5.56 Å². The van der Waals surface area contributed by atoms with E-state index < -0.39 is 11.4 Å². The summed E-state index contributed by atoms with van der Waals surface area (Å²) >= 11 is 12.9. The molecule has 2 heterocycles. The summed E-state index contributed by atoms with van der Waals surface area (Å²) in [6, 6.07) is 12.3. The van der Waals surface area contributed by atoms with E-state index >= 15 is 4.39 Å². The topological polar surface area (TPSA) is 113 Å². The Kier molecular flexibility index (Phi) is 5.33. The van der Waals surface area contributed by atoms with Gasteiger partial charge < -0.3 is 5.73 Å². The highest BCUT2D eigenvalue weighted by molar-refractivity contribution is 6.37. The van der Waals surface area contributed by atoms with Crippen molar-refractivity contribution in [2.24, 2.45) is 12.8 Å². The third-order valence-corrected chi connectivity index (χ3v) is 6.48. The minimum atomic E-state index is -0.727. The van der Waals surface area contributed by atoms with Gasteiger partial charge in [0.2, 0.25) is 0 Å². The van der Waals surface area contributed by atoms with Crippen LogP contribution in [0, 0.1) is 17.1 Å². The van der Waals surface area contributed by atoms with Crippen molar-refractivity contribution >= 4 is 44.7 Å². The third-order valence-electron chi connectivity index (χ3n) is 5.81. The molecule has 0 aliphatic heterocycles. The van der Waals surface area contributed by atoms with Crippen molar-refractivity contribution in [3.63, 3.8) is 0 Å². The molecule has 7 nitrogen and oxygen atoms in total. The molecule has 168 valence electrons. The third kappa shape index (κ3) is 3.17. The predicted octanol–water partition coefficient (Wildman–Crippen LogP) is 4.92. The number of nitrogens with two attached hydrogens (primary N) is 1. The summed E-state index contributed by atoms with van der Waals surface area (Å²) in [7, 11) is 1.64. The second-order valence-electron chi connectivity index (χ2n) is 7.65. The largest absolute Gasteiger partial charge is 0.325 e. The highest BCUT2D eigenvalue weighted by Crippen LogP contribution is 2.42. The van der Waals surface area contributed by atoms with Gasteiger partial charge in [-0.2, -0.15) is 15.5 Å². The lowest BCUT2D eigenvalue weighted by molar-refractivity contribution is 0.630. The smallest absolute Gasteiger partial charge is 0.273 e. The fourth-order valence-corrected chi connectivity index (χ4v) is 4.82. The number of aryl methyl sites for hydroxylation is 1. The van der Waals surface area contributed by atoms with E-state index in [0.717, 1.165) is 0 Å². The molecule has 0 bridgehead atoms. The number of halogens is 3. The van der Waals surface area contributed by atoms with Gasteiger partial charge in [-0.1, -0.05) is 47.5 Å². The Hall–Kier alpha value is -3.77. The SMILES string of the molecule is Cn1ncc(-c2cc(Cl)c3c(=O)[nH]nc(CN)c3c2)c1-c1c(F)c(Cl)c2ccccc2c1C#N. The average molecular weight is 493 g/mol. The first-order valence-electron chi connectivity index (χ1n) is 10.1. The molecule has 0 atom stereocenters. The number of H-pyrrole nitrogens is 1. The molecular weight excluding hydrogens is 478 g/mol. The van der Waals surface area contributed by atoms with Gasteiger partial charge in [0, 0.05) is 35.3 Å². The number of aromatic amines is 1. The van der Waals surface area contributed by atoms with Crippen molar-refractivity contribution in [1.82, 2.24) is 20.0 Å². The van der Waals surface area contributed by atoms with Crippen LogP contribution in [0.25, 0.3) is 43.9 Å². The number of fused-ring (bicyclic) bond motifs is 2. The van der Waals surface area contributed by atoms with Crippen LogP contribution in [0.3, 0.4) is 0 Å². The van der Waals surface area contributed by atoms with Crippen LogP contribution < -0.4 is 11.3 Å². The van der Waals surface area contributed by atoms with Crippen LogP contribution in [0.4, 0.5) is 4.39 Å². The monoisotopic (exact) mass is 492 g/mol. The number of aromatic nitrogens is 4. The Morgan fingerprint density at radius 1 is 1.21 bits per heavy atom. The van der Waals surface area contributed by atoms with Crippen LogP contribution in [0.15, 0.2) is 47.4 Å². The maximum absolute atomic E-state index is 15.7. The quantitative estimate of drug-likeness (QED) is 0.371. The van der Waals surface area contributed by atoms with E-state index in [1.807, 2.05) is 0 Å². The molecule has 0 saturated heterocycles. The Morgan fingerprint density at radius 3 is 2.65 bits per heavy atom. The zero-order valence-corrected chi connectivity index (χ0v) is 19.2. The summed E-state index contributed by atoms with van der Waals surface area (Å²) in [5.74, 6) is -0.727. The zero-order valence-electron chi connectivity index (χ0n) is 17.7. The normalized spacial score (nSPS) is 11.3. The first-order chi connectivity index (χ1) is 16.4. The highest BCUT2D eigenvalue weighted by Gasteiger charge is 2.26. The first kappa shape index (κ1) is 22.0. The van der Waals surface area contributed by atoms with Gasteiger partial charge in [0.05, 0.1) is 44.1 Å². The van der Waals surface area contributed by atoms with E-state index in [-0.39, 0.29) is 33.1 Å². The number of nitrogens with zero attached hydrogens (tertiary/aromatic N) is 4. The van der Waals surface area contributed by atoms with Gasteiger partial charge in [-0.15, -0.1) is 0 Å². The minimum Gasteiger partial charge on any atom is -0.325 e. The molecule has 0 amide bonds. The number of benzene rings is 3. The maximum Gasteiger partial charge on any atom is 0.273 e. The molecule has 2 aromatic heterocycles. The van der Waals surface area contributed by atoms with Gasteiger partial charge in [-0.05, 0) is 17.7 Å². The lowest BCUT2D eigenvalue weighted by Gasteiger charge is -2.15. The van der Waals surface area contributed by atoms with Gasteiger partial charge in [0.15, 0.2) is 5.82 Å². The molecule has 3 aromatic carbocycles. The van der Waals surface area contributed by atoms with Crippen molar-refractivity contribution in [1.29, 1.82) is 5.26 Å². The van der Waals surface area contributed by atoms with Crippen LogP contribution in [0.1, 0.15) is 11.3 Å². The molecule has 10 heteroatoms. The molecular formula is C24H15Cl2FN6O. The molecule has 0 aliphatic rings. The molecule has 0 unspecified atom stereocenters. The van der Waals surface area contributed by atoms with Crippen molar-refractivity contribution in [3.8, 4) is 28.5 Å². The number of nitriles is 1. The van der Waals surface area contributed by atoms with Crippen molar-refractivity contribution in [3.05, 3.63) is 80.1 Å². The van der Waals surface area contributed by atoms with Gasteiger partial charge >= 0.3 is 0 Å². The van der Waals surface area contributed by atoms with Crippen LogP contribution in [-0.4, -0.2) is 20.0 Å². The van der Waals surface area contributed by atoms with E-state index in [0.29, 0.717) is 38.7 Å². The number of hydrogen-bond acceptors (Lipinski definition) is 5. The van der Waals surface area contributed by atoms with E-state index in [9.17, 15) is 10.1 Å². The molecule has 5 rings (SSSR count). The zero-order chi connectivity index (χ0) is 24.1. The van der Waals surface area contributed by atoms with E-state index in [4.69, 9.17) is 28.9 Å². The van der Waals surface area contributed by atoms with Crippen LogP contribution in [-0.2, 0) is 13.6 Å². The highest BCUT2D eigenvalue weighted by atomic mass is 35.5. The lowest BCUT2D eigenvalue weighted by atomic mass is 9.93. The summed E-state index contributed by atoms with van der Waals surface area (Å²) in [6.07, 6.45) is 1.54. The van der Waals surface area contributed by atoms with E-state index in [1.165, 1.54) is 4.68 Å². The fraction of sp³-hybridized carbons (Fsp3) is 0.0833. The van der Waals surface area contributed by atoms with Gasteiger partial charge in [-0.25, -0.2) is 9.49 Å². The van der Waals surface area contributed by atoms with Crippen molar-refractivity contribution in [2.75, 3.05) is 0 Å². The summed E-state index contributed by atoms with van der Waals surface area (Å²) in [5.41, 5.74) is 7.36. The maximum atomic E-state index is 15.7. The average Bonchev–Trinajstić information content (AvgIpc) is 3.22. The van der Waals surface area contributed by atoms with Crippen LogP contribution in [0.5, 0.6) is 0 Å².